The van der Waals surface area contributed by atoms with Crippen LogP contribution in [0.3, 0.4) is 0 Å². The summed E-state index contributed by atoms with van der Waals surface area (Å²) in [5.41, 5.74) is 3.09. The van der Waals surface area contributed by atoms with E-state index in [1.807, 2.05) is 41.3 Å². The minimum Gasteiger partial charge on any atom is -0.748 e. The number of ether oxygens (including phenoxy) is 2. The second kappa shape index (κ2) is 10.6. The number of nitrogens with one attached hydrogen (secondary N) is 1. The SMILES string of the molecule is CCC(/C=C1\Oc2cc3ccccc3cc2N1CCCS(=O)(=O)[O-])=C\C1Oc2ccc3ccccc3c2[NH+]1CC. The molecule has 0 radical (unpaired) electrons. The van der Waals surface area contributed by atoms with Crippen LogP contribution in [0.5, 0.6) is 11.5 Å². The average Bonchev–Trinajstić information content (AvgIpc) is 3.47. The third-order valence-corrected chi connectivity index (χ3v) is 8.44. The van der Waals surface area contributed by atoms with E-state index in [2.05, 4.69) is 62.4 Å². The van der Waals surface area contributed by atoms with E-state index in [4.69, 9.17) is 9.47 Å². The van der Waals surface area contributed by atoms with Gasteiger partial charge in [0, 0.05) is 29.8 Å². The molecule has 206 valence electrons. The largest absolute Gasteiger partial charge is 0.748 e. The zero-order chi connectivity index (χ0) is 27.9. The summed E-state index contributed by atoms with van der Waals surface area (Å²) in [6, 6.07) is 24.6. The minimum atomic E-state index is -4.31. The van der Waals surface area contributed by atoms with Crippen LogP contribution in [0.1, 0.15) is 26.7 Å². The number of fused-ring (bicyclic) bond motifs is 5. The van der Waals surface area contributed by atoms with Gasteiger partial charge in [0.05, 0.1) is 22.4 Å². The van der Waals surface area contributed by atoms with E-state index >= 15 is 0 Å². The van der Waals surface area contributed by atoms with Crippen LogP contribution in [0, 0.1) is 0 Å². The summed E-state index contributed by atoms with van der Waals surface area (Å²) in [5.74, 6) is 1.80. The van der Waals surface area contributed by atoms with Gasteiger partial charge in [0.1, 0.15) is 0 Å². The molecular formula is C32H32N2O5S. The lowest BCUT2D eigenvalue weighted by atomic mass is 10.1. The molecule has 2 aliphatic heterocycles. The van der Waals surface area contributed by atoms with Gasteiger partial charge in [0.25, 0.3) is 6.23 Å². The van der Waals surface area contributed by atoms with Crippen LogP contribution < -0.4 is 19.3 Å². The quantitative estimate of drug-likeness (QED) is 0.298. The van der Waals surface area contributed by atoms with Gasteiger partial charge < -0.3 is 18.9 Å². The summed E-state index contributed by atoms with van der Waals surface area (Å²) in [6.45, 7) is 5.46. The molecule has 0 aromatic heterocycles. The van der Waals surface area contributed by atoms with Crippen LogP contribution >= 0.6 is 0 Å². The van der Waals surface area contributed by atoms with Gasteiger partial charge in [-0.25, -0.2) is 8.42 Å². The van der Waals surface area contributed by atoms with Gasteiger partial charge in [-0.15, -0.1) is 0 Å². The number of allylic oxidation sites excluding steroid dienone is 2. The van der Waals surface area contributed by atoms with Crippen molar-refractivity contribution in [1.82, 2.24) is 0 Å². The van der Waals surface area contributed by atoms with Gasteiger partial charge >= 0.3 is 0 Å². The van der Waals surface area contributed by atoms with E-state index < -0.39 is 15.9 Å². The zero-order valence-corrected chi connectivity index (χ0v) is 23.4. The van der Waals surface area contributed by atoms with Crippen molar-refractivity contribution in [2.75, 3.05) is 23.7 Å². The van der Waals surface area contributed by atoms with E-state index in [1.54, 1.807) is 0 Å². The first-order chi connectivity index (χ1) is 19.3. The monoisotopic (exact) mass is 556 g/mol. The molecule has 8 heteroatoms. The van der Waals surface area contributed by atoms with Crippen molar-refractivity contribution in [1.29, 1.82) is 0 Å². The molecule has 0 aliphatic carbocycles. The Morgan fingerprint density at radius 3 is 2.42 bits per heavy atom. The Balaban J connectivity index is 1.35. The molecule has 2 heterocycles. The zero-order valence-electron chi connectivity index (χ0n) is 22.6. The number of benzene rings is 4. The Kier molecular flexibility index (Phi) is 7.00. The van der Waals surface area contributed by atoms with E-state index in [1.165, 1.54) is 21.4 Å². The highest BCUT2D eigenvalue weighted by Crippen LogP contribution is 2.42. The Morgan fingerprint density at radius 1 is 0.975 bits per heavy atom. The topological polar surface area (TPSA) is 83.3 Å². The van der Waals surface area contributed by atoms with Gasteiger partial charge in [-0.3, -0.25) is 4.90 Å². The van der Waals surface area contributed by atoms with Crippen LogP contribution in [0.4, 0.5) is 11.4 Å². The van der Waals surface area contributed by atoms with Crippen molar-refractivity contribution in [2.45, 2.75) is 32.9 Å². The average molecular weight is 557 g/mol. The van der Waals surface area contributed by atoms with Gasteiger partial charge in [-0.05, 0) is 65.8 Å². The molecule has 0 amide bonds. The van der Waals surface area contributed by atoms with Gasteiger partial charge in [0.2, 0.25) is 5.88 Å². The lowest BCUT2D eigenvalue weighted by Crippen LogP contribution is -3.10. The molecule has 6 rings (SSSR count). The fourth-order valence-electron chi connectivity index (χ4n) is 5.69. The van der Waals surface area contributed by atoms with Gasteiger partial charge in [-0.2, -0.15) is 0 Å². The third-order valence-electron chi connectivity index (χ3n) is 7.65. The molecule has 4 aromatic carbocycles. The smallest absolute Gasteiger partial charge is 0.257 e. The molecular weight excluding hydrogens is 524 g/mol. The number of hydrogen-bond donors (Lipinski definition) is 1. The highest BCUT2D eigenvalue weighted by atomic mass is 32.2. The van der Waals surface area contributed by atoms with Gasteiger partial charge in [-0.1, -0.05) is 55.5 Å². The summed E-state index contributed by atoms with van der Waals surface area (Å²) >= 11 is 0. The second-order valence-electron chi connectivity index (χ2n) is 10.2. The Labute approximate surface area is 234 Å². The molecule has 1 N–H and O–H groups in total. The van der Waals surface area contributed by atoms with Crippen LogP contribution in [0.2, 0.25) is 0 Å². The standard InChI is InChI=1S/C32H32N2O5S/c1-3-22(18-30-33(4-2)32-26-13-8-7-10-23(26)14-15-28(32)38-30)19-31-34(16-9-17-40(35,36)37)27-20-24-11-5-6-12-25(24)21-29(27)39-31/h5-8,10-15,18-21,30H,3-4,9,16-17H2,1-2H3,(H,35,36,37)/b22-18+,31-19-. The van der Waals surface area contributed by atoms with Crippen molar-refractivity contribution in [3.63, 3.8) is 0 Å². The number of nitrogens with zero attached hydrogens (tertiary/aromatic N) is 1. The van der Waals surface area contributed by atoms with Crippen LogP contribution in [0.25, 0.3) is 21.5 Å². The molecule has 7 nitrogen and oxygen atoms in total. The van der Waals surface area contributed by atoms with Crippen LogP contribution in [0.15, 0.2) is 96.4 Å². The maximum absolute atomic E-state index is 11.3. The molecule has 2 atom stereocenters. The highest BCUT2D eigenvalue weighted by molar-refractivity contribution is 7.85. The van der Waals surface area contributed by atoms with Crippen molar-refractivity contribution in [2.24, 2.45) is 0 Å². The second-order valence-corrected chi connectivity index (χ2v) is 11.7. The van der Waals surface area contributed by atoms with Crippen molar-refractivity contribution >= 4 is 43.0 Å². The highest BCUT2D eigenvalue weighted by Gasteiger charge is 2.36. The molecule has 2 unspecified atom stereocenters. The molecule has 0 bridgehead atoms. The van der Waals surface area contributed by atoms with Crippen molar-refractivity contribution < 1.29 is 27.3 Å². The Bertz CT molecular complexity index is 1760. The van der Waals surface area contributed by atoms with Crippen LogP contribution in [-0.4, -0.2) is 38.0 Å². The number of likely N-dealkylation sites (N-methyl/N-ethyl adjacent to an activating group) is 1. The fourth-order valence-corrected chi connectivity index (χ4v) is 6.17. The van der Waals surface area contributed by atoms with Crippen molar-refractivity contribution in [3.8, 4) is 11.5 Å². The summed E-state index contributed by atoms with van der Waals surface area (Å²) < 4.78 is 46.8. The first kappa shape index (κ1) is 26.4. The van der Waals surface area contributed by atoms with E-state index in [-0.39, 0.29) is 12.6 Å². The molecule has 0 saturated heterocycles. The maximum atomic E-state index is 11.3. The number of rotatable bonds is 8. The first-order valence-corrected chi connectivity index (χ1v) is 15.3. The minimum absolute atomic E-state index is 0.192. The summed E-state index contributed by atoms with van der Waals surface area (Å²) in [4.78, 5) is 3.22. The Morgan fingerprint density at radius 2 is 1.70 bits per heavy atom. The lowest BCUT2D eigenvalue weighted by molar-refractivity contribution is -0.859. The fraction of sp³-hybridized carbons (Fsp3) is 0.250. The normalized spacial score (nSPS) is 19.6. The third kappa shape index (κ3) is 5.06. The Hall–Kier alpha value is -3.85. The van der Waals surface area contributed by atoms with E-state index in [9.17, 15) is 13.0 Å². The molecule has 40 heavy (non-hydrogen) atoms. The van der Waals surface area contributed by atoms with E-state index in [0.717, 1.165) is 40.7 Å². The molecule has 0 saturated carbocycles. The molecule has 0 fully saturated rings. The summed E-state index contributed by atoms with van der Waals surface area (Å²) in [7, 11) is -4.31. The molecule has 4 aromatic rings. The van der Waals surface area contributed by atoms with Crippen molar-refractivity contribution in [3.05, 3.63) is 96.4 Å². The summed E-state index contributed by atoms with van der Waals surface area (Å²) in [6.07, 6.45) is 4.93. The van der Waals surface area contributed by atoms with Gasteiger partial charge in [0.15, 0.2) is 17.2 Å². The number of hydrogen-bond acceptors (Lipinski definition) is 6. The maximum Gasteiger partial charge on any atom is 0.257 e. The lowest BCUT2D eigenvalue weighted by Gasteiger charge is -2.20. The van der Waals surface area contributed by atoms with Crippen LogP contribution in [-0.2, 0) is 10.1 Å². The predicted octanol–water partition coefficient (Wildman–Crippen LogP) is 5.26. The number of quaternary nitrogens is 1. The predicted molar refractivity (Wildman–Crippen MR) is 157 cm³/mol. The summed E-state index contributed by atoms with van der Waals surface area (Å²) in [5, 5.41) is 4.51. The first-order valence-electron chi connectivity index (χ1n) is 13.7. The molecule has 2 aliphatic rings. The van der Waals surface area contributed by atoms with E-state index in [0.29, 0.717) is 18.2 Å². The molecule has 0 spiro atoms. The number of anilines is 1.